The molecule has 3 atom stereocenters. The van der Waals surface area contributed by atoms with E-state index >= 15 is 0 Å². The fourth-order valence-corrected chi connectivity index (χ4v) is 5.98. The molecule has 1 aromatic rings. The van der Waals surface area contributed by atoms with Gasteiger partial charge < -0.3 is 20.1 Å². The molecule has 0 aliphatic carbocycles. The van der Waals surface area contributed by atoms with Gasteiger partial charge in [0.25, 0.3) is 5.91 Å². The summed E-state index contributed by atoms with van der Waals surface area (Å²) in [6.45, 7) is 5.03. The van der Waals surface area contributed by atoms with Crippen molar-refractivity contribution < 1.29 is 29.0 Å². The number of carbonyl (C=O) groups is 4. The fraction of sp³-hybridized carbons (Fsp3) is 0.474. The molecule has 0 bridgehead atoms. The van der Waals surface area contributed by atoms with Crippen LogP contribution in [0.25, 0.3) is 0 Å². The number of benzene rings is 1. The molecule has 8 nitrogen and oxygen atoms in total. The molecule has 0 spiro atoms. The summed E-state index contributed by atoms with van der Waals surface area (Å²) in [5, 5.41) is 11.3. The van der Waals surface area contributed by atoms with E-state index in [9.17, 15) is 24.3 Å². The molecular weight excluding hydrogens is 416 g/mol. The lowest BCUT2D eigenvalue weighted by Gasteiger charge is -2.50. The molecule has 29 heavy (non-hydrogen) atoms. The summed E-state index contributed by atoms with van der Waals surface area (Å²) < 4.78 is 4.26. The van der Waals surface area contributed by atoms with Crippen molar-refractivity contribution in [3.63, 3.8) is 0 Å². The molecule has 1 aromatic carbocycles. The van der Waals surface area contributed by atoms with Gasteiger partial charge in [0.15, 0.2) is 0 Å². The summed E-state index contributed by atoms with van der Waals surface area (Å²) >= 11 is 2.45. The van der Waals surface area contributed by atoms with Crippen LogP contribution in [0.1, 0.15) is 20.8 Å². The Labute approximate surface area is 176 Å². The standard InChI is InChI=1S/C19H22N2O6S2/c1-4-27-17(26)19(20-12(22)10-28-11-8-6-5-7-9-11)15(25)21-13(14(23)24)18(2,3)29-16(19)21/h5-9,13,16H,4,10H2,1-3H3,(H,20,22)(H,23,24)/t13-,16+,19?/m0/s1. The average Bonchev–Trinajstić information content (AvgIpc) is 2.94. The second-order valence-electron chi connectivity index (χ2n) is 7.21. The van der Waals surface area contributed by atoms with E-state index in [1.807, 2.05) is 30.3 Å². The Kier molecular flexibility index (Phi) is 5.86. The van der Waals surface area contributed by atoms with Gasteiger partial charge in [0.2, 0.25) is 11.4 Å². The van der Waals surface area contributed by atoms with Gasteiger partial charge in [0.05, 0.1) is 12.4 Å². The number of rotatable bonds is 7. The third kappa shape index (κ3) is 3.59. The zero-order valence-corrected chi connectivity index (χ0v) is 17.8. The molecule has 0 aromatic heterocycles. The van der Waals surface area contributed by atoms with Gasteiger partial charge in [-0.2, -0.15) is 0 Å². The first-order chi connectivity index (χ1) is 13.6. The number of ether oxygens (including phenoxy) is 1. The lowest BCUT2D eigenvalue weighted by molar-refractivity contribution is -0.181. The zero-order valence-electron chi connectivity index (χ0n) is 16.2. The van der Waals surface area contributed by atoms with Gasteiger partial charge in [-0.3, -0.25) is 9.59 Å². The van der Waals surface area contributed by atoms with E-state index in [2.05, 4.69) is 5.32 Å². The second kappa shape index (κ2) is 7.91. The Bertz CT molecular complexity index is 846. The molecule has 10 heteroatoms. The maximum Gasteiger partial charge on any atom is 0.344 e. The number of thioether (sulfide) groups is 2. The van der Waals surface area contributed by atoms with Gasteiger partial charge in [-0.1, -0.05) is 18.2 Å². The topological polar surface area (TPSA) is 113 Å². The number of esters is 1. The predicted octanol–water partition coefficient (Wildman–Crippen LogP) is 1.34. The van der Waals surface area contributed by atoms with E-state index in [0.717, 1.165) is 9.80 Å². The molecule has 3 rings (SSSR count). The van der Waals surface area contributed by atoms with Crippen molar-refractivity contribution in [1.29, 1.82) is 0 Å². The van der Waals surface area contributed by atoms with E-state index in [1.165, 1.54) is 23.5 Å². The first kappa shape index (κ1) is 21.5. The van der Waals surface area contributed by atoms with Crippen LogP contribution in [0.2, 0.25) is 0 Å². The number of β-lactam (4-membered cyclic amide) rings is 1. The predicted molar refractivity (Wildman–Crippen MR) is 108 cm³/mol. The quantitative estimate of drug-likeness (QED) is 0.284. The van der Waals surface area contributed by atoms with Crippen LogP contribution < -0.4 is 5.32 Å². The summed E-state index contributed by atoms with van der Waals surface area (Å²) in [5.41, 5.74) is -1.91. The Hall–Kier alpha value is -2.20. The maximum absolute atomic E-state index is 13.0. The SMILES string of the molecule is CCOC(=O)C1(NC(=O)CSc2ccccc2)C(=O)N2[C@@H](C(=O)O)C(C)(C)S[C@@H]21. The average molecular weight is 439 g/mol. The molecule has 2 aliphatic rings. The number of hydrogen-bond acceptors (Lipinski definition) is 7. The maximum atomic E-state index is 13.0. The van der Waals surface area contributed by atoms with Crippen molar-refractivity contribution >= 4 is 47.3 Å². The third-order valence-corrected chi connectivity index (χ3v) is 7.47. The van der Waals surface area contributed by atoms with Crippen LogP contribution >= 0.6 is 23.5 Å². The number of fused-ring (bicyclic) bond motifs is 1. The summed E-state index contributed by atoms with van der Waals surface area (Å²) in [6, 6.07) is 8.15. The van der Waals surface area contributed by atoms with Crippen LogP contribution in [-0.2, 0) is 23.9 Å². The van der Waals surface area contributed by atoms with Crippen LogP contribution in [-0.4, -0.2) is 67.8 Å². The normalized spacial score (nSPS) is 27.0. The molecular formula is C19H22N2O6S2. The van der Waals surface area contributed by atoms with Crippen LogP contribution in [0, 0.1) is 0 Å². The molecule has 156 valence electrons. The van der Waals surface area contributed by atoms with E-state index in [-0.39, 0.29) is 12.4 Å². The molecule has 2 saturated heterocycles. The second-order valence-corrected chi connectivity index (χ2v) is 9.99. The summed E-state index contributed by atoms with van der Waals surface area (Å²) in [7, 11) is 0. The zero-order chi connectivity index (χ0) is 21.4. The highest BCUT2D eigenvalue weighted by atomic mass is 32.2. The highest BCUT2D eigenvalue weighted by molar-refractivity contribution is 8.01. The molecule has 2 aliphatic heterocycles. The summed E-state index contributed by atoms with van der Waals surface area (Å²) in [4.78, 5) is 52.1. The van der Waals surface area contributed by atoms with Gasteiger partial charge >= 0.3 is 11.9 Å². The van der Waals surface area contributed by atoms with Gasteiger partial charge in [0, 0.05) is 9.64 Å². The smallest absolute Gasteiger partial charge is 0.344 e. The molecule has 2 heterocycles. The molecule has 0 radical (unpaired) electrons. The fourth-order valence-electron chi connectivity index (χ4n) is 3.58. The largest absolute Gasteiger partial charge is 0.480 e. The van der Waals surface area contributed by atoms with Crippen molar-refractivity contribution in [2.45, 2.75) is 47.4 Å². The van der Waals surface area contributed by atoms with Crippen molar-refractivity contribution in [2.24, 2.45) is 0 Å². The monoisotopic (exact) mass is 438 g/mol. The van der Waals surface area contributed by atoms with Crippen LogP contribution in [0.5, 0.6) is 0 Å². The van der Waals surface area contributed by atoms with Crippen LogP contribution in [0.3, 0.4) is 0 Å². The number of amides is 2. The number of carbonyl (C=O) groups excluding carboxylic acids is 3. The molecule has 2 N–H and O–H groups in total. The van der Waals surface area contributed by atoms with Crippen molar-refractivity contribution in [3.8, 4) is 0 Å². The molecule has 1 unspecified atom stereocenters. The van der Waals surface area contributed by atoms with E-state index in [0.29, 0.717) is 0 Å². The number of nitrogens with zero attached hydrogens (tertiary/aromatic N) is 1. The molecule has 0 saturated carbocycles. The number of aliphatic carboxylic acids is 1. The number of carboxylic acid groups (broad SMARTS) is 1. The highest BCUT2D eigenvalue weighted by Crippen LogP contribution is 2.55. The summed E-state index contributed by atoms with van der Waals surface area (Å²) in [6.07, 6.45) is 0. The Balaban J connectivity index is 1.83. The Morgan fingerprint density at radius 3 is 2.52 bits per heavy atom. The Morgan fingerprint density at radius 1 is 1.28 bits per heavy atom. The van der Waals surface area contributed by atoms with Gasteiger partial charge in [0.1, 0.15) is 11.4 Å². The van der Waals surface area contributed by atoms with Gasteiger partial charge in [-0.15, -0.1) is 23.5 Å². The van der Waals surface area contributed by atoms with E-state index in [4.69, 9.17) is 4.74 Å². The van der Waals surface area contributed by atoms with Crippen LogP contribution in [0.15, 0.2) is 35.2 Å². The van der Waals surface area contributed by atoms with Gasteiger partial charge in [-0.25, -0.2) is 9.59 Å². The lowest BCUT2D eigenvalue weighted by atomic mass is 9.84. The highest BCUT2D eigenvalue weighted by Gasteiger charge is 2.76. The number of hydrogen-bond donors (Lipinski definition) is 2. The van der Waals surface area contributed by atoms with Crippen molar-refractivity contribution in [1.82, 2.24) is 10.2 Å². The molecule has 2 amide bonds. The Morgan fingerprint density at radius 2 is 1.93 bits per heavy atom. The molecule has 2 fully saturated rings. The van der Waals surface area contributed by atoms with Crippen LogP contribution in [0.4, 0.5) is 0 Å². The first-order valence-electron chi connectivity index (χ1n) is 9.04. The van der Waals surface area contributed by atoms with E-state index < -0.39 is 45.5 Å². The minimum Gasteiger partial charge on any atom is -0.480 e. The third-order valence-electron chi connectivity index (χ3n) is 4.83. The minimum atomic E-state index is -1.91. The minimum absolute atomic E-state index is 0.00157. The van der Waals surface area contributed by atoms with Crippen molar-refractivity contribution in [3.05, 3.63) is 30.3 Å². The summed E-state index contributed by atoms with van der Waals surface area (Å²) in [5.74, 6) is -3.26. The number of nitrogens with one attached hydrogen (secondary N) is 1. The van der Waals surface area contributed by atoms with Crippen molar-refractivity contribution in [2.75, 3.05) is 12.4 Å². The number of carboxylic acids is 1. The van der Waals surface area contributed by atoms with Gasteiger partial charge in [-0.05, 0) is 32.9 Å². The van der Waals surface area contributed by atoms with E-state index in [1.54, 1.807) is 20.8 Å². The first-order valence-corrected chi connectivity index (χ1v) is 10.9. The lowest BCUT2D eigenvalue weighted by Crippen LogP contribution is -2.83.